The summed E-state index contributed by atoms with van der Waals surface area (Å²) in [6.07, 6.45) is 0.896. The molecule has 24 heavy (non-hydrogen) atoms. The molecular formula is C21H29NO2. The highest BCUT2D eigenvalue weighted by Gasteiger charge is 2.15. The van der Waals surface area contributed by atoms with E-state index in [9.17, 15) is 0 Å². The molecule has 3 nitrogen and oxygen atoms in total. The van der Waals surface area contributed by atoms with Crippen molar-refractivity contribution in [3.63, 3.8) is 0 Å². The highest BCUT2D eigenvalue weighted by atomic mass is 16.5. The summed E-state index contributed by atoms with van der Waals surface area (Å²) in [5.74, 6) is 1.92. The summed E-state index contributed by atoms with van der Waals surface area (Å²) in [4.78, 5) is 0. The van der Waals surface area contributed by atoms with Gasteiger partial charge in [-0.1, -0.05) is 29.8 Å². The maximum atomic E-state index is 6.09. The number of hydrogen-bond donors (Lipinski definition) is 1. The first-order valence-electron chi connectivity index (χ1n) is 8.74. The molecule has 0 aliphatic rings. The van der Waals surface area contributed by atoms with Crippen LogP contribution in [-0.4, -0.2) is 19.8 Å². The Morgan fingerprint density at radius 3 is 2.29 bits per heavy atom. The summed E-state index contributed by atoms with van der Waals surface area (Å²) >= 11 is 0. The number of nitrogens with two attached hydrogens (primary N) is 1. The van der Waals surface area contributed by atoms with Crippen LogP contribution in [-0.2, 0) is 6.42 Å². The number of rotatable bonds is 8. The average Bonchev–Trinajstić information content (AvgIpc) is 2.57. The van der Waals surface area contributed by atoms with Crippen LogP contribution < -0.4 is 15.2 Å². The highest BCUT2D eigenvalue weighted by Crippen LogP contribution is 2.31. The molecular weight excluding hydrogens is 298 g/mol. The zero-order chi connectivity index (χ0) is 17.5. The van der Waals surface area contributed by atoms with Gasteiger partial charge in [0, 0.05) is 5.92 Å². The van der Waals surface area contributed by atoms with Gasteiger partial charge in [-0.3, -0.25) is 0 Å². The van der Waals surface area contributed by atoms with Crippen molar-refractivity contribution in [1.82, 2.24) is 0 Å². The third kappa shape index (κ3) is 4.51. The van der Waals surface area contributed by atoms with Crippen molar-refractivity contribution in [3.05, 3.63) is 58.7 Å². The van der Waals surface area contributed by atoms with Crippen LogP contribution >= 0.6 is 0 Å². The van der Waals surface area contributed by atoms with Crippen molar-refractivity contribution in [2.45, 2.75) is 40.0 Å². The number of aryl methyl sites for hydroxylation is 2. The van der Waals surface area contributed by atoms with Crippen LogP contribution in [0.1, 0.15) is 42.0 Å². The Balaban J connectivity index is 2.27. The van der Waals surface area contributed by atoms with Gasteiger partial charge in [-0.2, -0.15) is 0 Å². The average molecular weight is 327 g/mol. The van der Waals surface area contributed by atoms with Crippen LogP contribution in [0.3, 0.4) is 0 Å². The van der Waals surface area contributed by atoms with Crippen LogP contribution in [0, 0.1) is 13.8 Å². The molecule has 0 saturated carbocycles. The second kappa shape index (κ2) is 8.74. The molecule has 1 atom stereocenters. The first-order valence-corrected chi connectivity index (χ1v) is 8.74. The van der Waals surface area contributed by atoms with E-state index in [2.05, 4.69) is 44.2 Å². The van der Waals surface area contributed by atoms with Crippen molar-refractivity contribution >= 4 is 0 Å². The predicted octanol–water partition coefficient (Wildman–Crippen LogP) is 4.39. The standard InChI is InChI=1S/C21H29NO2/c1-5-23-20-10-9-17(13-21(20)24-6-2)12-18(14-22)19-11-15(3)7-8-16(19)4/h7-11,13,18H,5-6,12,14,22H2,1-4H3. The van der Waals surface area contributed by atoms with Crippen molar-refractivity contribution in [2.24, 2.45) is 5.73 Å². The van der Waals surface area contributed by atoms with Gasteiger partial charge in [0.1, 0.15) is 0 Å². The van der Waals surface area contributed by atoms with E-state index in [0.717, 1.165) is 17.9 Å². The van der Waals surface area contributed by atoms with E-state index < -0.39 is 0 Å². The molecule has 0 aromatic heterocycles. The second-order valence-corrected chi connectivity index (χ2v) is 6.14. The highest BCUT2D eigenvalue weighted by molar-refractivity contribution is 5.44. The molecule has 2 rings (SSSR count). The van der Waals surface area contributed by atoms with E-state index >= 15 is 0 Å². The Morgan fingerprint density at radius 2 is 1.62 bits per heavy atom. The molecule has 0 amide bonds. The minimum absolute atomic E-state index is 0.303. The van der Waals surface area contributed by atoms with Gasteiger partial charge in [-0.05, 0) is 69.5 Å². The molecule has 0 aliphatic heterocycles. The lowest BCUT2D eigenvalue weighted by Crippen LogP contribution is -2.16. The van der Waals surface area contributed by atoms with Gasteiger partial charge < -0.3 is 15.2 Å². The first kappa shape index (κ1) is 18.3. The van der Waals surface area contributed by atoms with Gasteiger partial charge in [0.15, 0.2) is 11.5 Å². The topological polar surface area (TPSA) is 44.5 Å². The van der Waals surface area contributed by atoms with Crippen molar-refractivity contribution in [3.8, 4) is 11.5 Å². The van der Waals surface area contributed by atoms with E-state index in [4.69, 9.17) is 15.2 Å². The van der Waals surface area contributed by atoms with Crippen LogP contribution in [0.5, 0.6) is 11.5 Å². The van der Waals surface area contributed by atoms with Gasteiger partial charge in [0.2, 0.25) is 0 Å². The third-order valence-corrected chi connectivity index (χ3v) is 4.25. The van der Waals surface area contributed by atoms with Gasteiger partial charge in [0.25, 0.3) is 0 Å². The molecule has 0 radical (unpaired) electrons. The summed E-state index contributed by atoms with van der Waals surface area (Å²) in [6, 6.07) is 12.8. The summed E-state index contributed by atoms with van der Waals surface area (Å²) < 4.78 is 11.4. The van der Waals surface area contributed by atoms with Crippen molar-refractivity contribution in [2.75, 3.05) is 19.8 Å². The zero-order valence-electron chi connectivity index (χ0n) is 15.3. The molecule has 2 aromatic rings. The van der Waals surface area contributed by atoms with Crippen molar-refractivity contribution in [1.29, 1.82) is 0 Å². The SMILES string of the molecule is CCOc1ccc(CC(CN)c2cc(C)ccc2C)cc1OCC. The van der Waals surface area contributed by atoms with Gasteiger partial charge in [-0.15, -0.1) is 0 Å². The van der Waals surface area contributed by atoms with Crippen LogP contribution in [0.25, 0.3) is 0 Å². The molecule has 0 bridgehead atoms. The monoisotopic (exact) mass is 327 g/mol. The van der Waals surface area contributed by atoms with Gasteiger partial charge >= 0.3 is 0 Å². The normalized spacial score (nSPS) is 12.0. The second-order valence-electron chi connectivity index (χ2n) is 6.14. The van der Waals surface area contributed by atoms with E-state index in [0.29, 0.717) is 25.7 Å². The van der Waals surface area contributed by atoms with E-state index in [1.165, 1.54) is 22.3 Å². The molecule has 130 valence electrons. The van der Waals surface area contributed by atoms with Crippen molar-refractivity contribution < 1.29 is 9.47 Å². The maximum absolute atomic E-state index is 6.09. The van der Waals surface area contributed by atoms with Gasteiger partial charge in [-0.25, -0.2) is 0 Å². The molecule has 2 aromatic carbocycles. The predicted molar refractivity (Wildman–Crippen MR) is 100 cm³/mol. The number of ether oxygens (including phenoxy) is 2. The Bertz CT molecular complexity index is 667. The lowest BCUT2D eigenvalue weighted by Gasteiger charge is -2.19. The fourth-order valence-corrected chi connectivity index (χ4v) is 3.03. The zero-order valence-corrected chi connectivity index (χ0v) is 15.3. The fraction of sp³-hybridized carbons (Fsp3) is 0.429. The van der Waals surface area contributed by atoms with E-state index in [1.807, 2.05) is 19.9 Å². The molecule has 0 fully saturated rings. The maximum Gasteiger partial charge on any atom is 0.161 e. The Labute approximate surface area is 145 Å². The summed E-state index contributed by atoms with van der Waals surface area (Å²) in [7, 11) is 0. The van der Waals surface area contributed by atoms with E-state index in [1.54, 1.807) is 0 Å². The van der Waals surface area contributed by atoms with Crippen LogP contribution in [0.4, 0.5) is 0 Å². The Hall–Kier alpha value is -2.00. The number of benzene rings is 2. The smallest absolute Gasteiger partial charge is 0.161 e. The molecule has 0 aliphatic carbocycles. The first-order chi connectivity index (χ1) is 11.6. The molecule has 3 heteroatoms. The quantitative estimate of drug-likeness (QED) is 0.782. The van der Waals surface area contributed by atoms with E-state index in [-0.39, 0.29) is 0 Å². The summed E-state index contributed by atoms with van der Waals surface area (Å²) in [6.45, 7) is 10.1. The summed E-state index contributed by atoms with van der Waals surface area (Å²) in [5.41, 5.74) is 11.2. The Kier molecular flexibility index (Phi) is 6.68. The molecule has 0 saturated heterocycles. The minimum Gasteiger partial charge on any atom is -0.490 e. The Morgan fingerprint density at radius 1 is 0.917 bits per heavy atom. The third-order valence-electron chi connectivity index (χ3n) is 4.25. The lowest BCUT2D eigenvalue weighted by atomic mass is 9.88. The van der Waals surface area contributed by atoms with Crippen LogP contribution in [0.2, 0.25) is 0 Å². The lowest BCUT2D eigenvalue weighted by molar-refractivity contribution is 0.287. The van der Waals surface area contributed by atoms with Crippen LogP contribution in [0.15, 0.2) is 36.4 Å². The molecule has 0 spiro atoms. The molecule has 1 unspecified atom stereocenters. The molecule has 0 heterocycles. The largest absolute Gasteiger partial charge is 0.490 e. The molecule has 2 N–H and O–H groups in total. The fourth-order valence-electron chi connectivity index (χ4n) is 3.03. The number of hydrogen-bond acceptors (Lipinski definition) is 3. The van der Waals surface area contributed by atoms with Gasteiger partial charge in [0.05, 0.1) is 13.2 Å². The minimum atomic E-state index is 0.303. The summed E-state index contributed by atoms with van der Waals surface area (Å²) in [5, 5.41) is 0.